The van der Waals surface area contributed by atoms with Gasteiger partial charge in [-0.05, 0) is 37.6 Å². The number of aromatic nitrogens is 2. The summed E-state index contributed by atoms with van der Waals surface area (Å²) in [4.78, 5) is 15.5. The topological polar surface area (TPSA) is 57.4 Å². The van der Waals surface area contributed by atoms with Gasteiger partial charge in [0.05, 0.1) is 17.4 Å². The van der Waals surface area contributed by atoms with Gasteiger partial charge in [0.2, 0.25) is 0 Å². The van der Waals surface area contributed by atoms with E-state index in [9.17, 15) is 9.90 Å². The highest BCUT2D eigenvalue weighted by Gasteiger charge is 2.12. The van der Waals surface area contributed by atoms with E-state index in [1.54, 1.807) is 0 Å². The third kappa shape index (κ3) is 2.51. The molecule has 0 spiro atoms. The molecule has 0 N–H and O–H groups in total. The van der Waals surface area contributed by atoms with E-state index in [1.807, 2.05) is 60.8 Å². The molecule has 4 heteroatoms. The Morgan fingerprint density at radius 2 is 1.91 bits per heavy atom. The number of hydrogen-bond acceptors (Lipinski definition) is 3. The molecule has 2 aromatic heterocycles. The Labute approximate surface area is 128 Å². The number of aliphatic carboxylic acids is 1. The predicted octanol–water partition coefficient (Wildman–Crippen LogP) is 2.38. The zero-order valence-electron chi connectivity index (χ0n) is 12.4. The number of nitrogens with zero attached hydrogens (tertiary/aromatic N) is 2. The van der Waals surface area contributed by atoms with Gasteiger partial charge in [-0.2, -0.15) is 0 Å². The summed E-state index contributed by atoms with van der Waals surface area (Å²) in [6, 6.07) is 11.9. The van der Waals surface area contributed by atoms with Gasteiger partial charge in [-0.15, -0.1) is 0 Å². The van der Waals surface area contributed by atoms with Gasteiger partial charge in [-0.1, -0.05) is 35.9 Å². The van der Waals surface area contributed by atoms with Crippen LogP contribution in [-0.4, -0.2) is 15.4 Å². The monoisotopic (exact) mass is 291 g/mol. The summed E-state index contributed by atoms with van der Waals surface area (Å²) in [5, 5.41) is 10.8. The molecule has 3 rings (SSSR count). The van der Waals surface area contributed by atoms with Crippen molar-refractivity contribution < 1.29 is 9.90 Å². The molecule has 22 heavy (non-hydrogen) atoms. The van der Waals surface area contributed by atoms with Gasteiger partial charge in [0.15, 0.2) is 0 Å². The molecule has 0 fully saturated rings. The van der Waals surface area contributed by atoms with E-state index in [0.29, 0.717) is 0 Å². The second-order valence-electron chi connectivity index (χ2n) is 5.25. The molecule has 2 heterocycles. The number of benzene rings is 1. The van der Waals surface area contributed by atoms with E-state index in [4.69, 9.17) is 0 Å². The molecule has 0 radical (unpaired) electrons. The first-order valence-corrected chi connectivity index (χ1v) is 7.00. The van der Waals surface area contributed by atoms with Crippen molar-refractivity contribution in [3.05, 3.63) is 65.5 Å². The standard InChI is InChI=1S/C18H16N2O2/c1-12-5-7-14(8-6-12)17-15(9-10-16(21)22)20-11-3-4-13(2)18(20)19-17/h3-11H,1-2H3,(H,21,22)/p-1/b10-9+. The lowest BCUT2D eigenvalue weighted by Crippen LogP contribution is -2.18. The number of hydrogen-bond donors (Lipinski definition) is 0. The number of imidazole rings is 1. The molecule has 0 amide bonds. The zero-order valence-corrected chi connectivity index (χ0v) is 12.4. The van der Waals surface area contributed by atoms with Crippen molar-refractivity contribution in [1.29, 1.82) is 0 Å². The Morgan fingerprint density at radius 3 is 2.59 bits per heavy atom. The van der Waals surface area contributed by atoms with Crippen molar-refractivity contribution in [3.63, 3.8) is 0 Å². The zero-order chi connectivity index (χ0) is 15.7. The number of carboxylic acids is 1. The van der Waals surface area contributed by atoms with Gasteiger partial charge in [0.25, 0.3) is 0 Å². The van der Waals surface area contributed by atoms with E-state index in [0.717, 1.165) is 39.8 Å². The quantitative estimate of drug-likeness (QED) is 0.696. The lowest BCUT2D eigenvalue weighted by atomic mass is 10.1. The minimum absolute atomic E-state index is 0.728. The minimum atomic E-state index is -1.22. The number of fused-ring (bicyclic) bond motifs is 1. The van der Waals surface area contributed by atoms with Crippen LogP contribution in [0.4, 0.5) is 0 Å². The van der Waals surface area contributed by atoms with Gasteiger partial charge in [0.1, 0.15) is 5.65 Å². The van der Waals surface area contributed by atoms with Crippen LogP contribution in [0.1, 0.15) is 16.8 Å². The number of carbonyl (C=O) groups is 1. The van der Waals surface area contributed by atoms with Crippen LogP contribution in [0.2, 0.25) is 0 Å². The van der Waals surface area contributed by atoms with Gasteiger partial charge >= 0.3 is 0 Å². The molecule has 3 aromatic rings. The van der Waals surface area contributed by atoms with Crippen LogP contribution in [0.25, 0.3) is 23.0 Å². The fraction of sp³-hybridized carbons (Fsp3) is 0.111. The minimum Gasteiger partial charge on any atom is -0.545 e. The summed E-state index contributed by atoms with van der Waals surface area (Å²) in [5.74, 6) is -1.22. The molecule has 0 bridgehead atoms. The molecular weight excluding hydrogens is 276 g/mol. The normalized spacial score (nSPS) is 11.4. The highest BCUT2D eigenvalue weighted by Crippen LogP contribution is 2.27. The Balaban J connectivity index is 2.28. The predicted molar refractivity (Wildman–Crippen MR) is 84.1 cm³/mol. The average Bonchev–Trinajstić information content (AvgIpc) is 2.86. The van der Waals surface area contributed by atoms with E-state index < -0.39 is 5.97 Å². The number of pyridine rings is 1. The summed E-state index contributed by atoms with van der Waals surface area (Å²) in [5.41, 5.74) is 5.45. The molecule has 0 atom stereocenters. The number of rotatable bonds is 3. The van der Waals surface area contributed by atoms with Gasteiger partial charge in [-0.3, -0.25) is 4.40 Å². The van der Waals surface area contributed by atoms with E-state index in [1.165, 1.54) is 6.08 Å². The third-order valence-electron chi connectivity index (χ3n) is 3.58. The second-order valence-corrected chi connectivity index (χ2v) is 5.25. The van der Waals surface area contributed by atoms with Crippen molar-refractivity contribution in [1.82, 2.24) is 9.38 Å². The lowest BCUT2D eigenvalue weighted by Gasteiger charge is -2.02. The Hall–Kier alpha value is -2.88. The molecule has 0 saturated heterocycles. The maximum atomic E-state index is 10.8. The molecule has 4 nitrogen and oxygen atoms in total. The van der Waals surface area contributed by atoms with Crippen LogP contribution in [0.5, 0.6) is 0 Å². The van der Waals surface area contributed by atoms with Crippen molar-refractivity contribution in [2.24, 2.45) is 0 Å². The number of carboxylic acid groups (broad SMARTS) is 1. The summed E-state index contributed by atoms with van der Waals surface area (Å²) in [6.45, 7) is 4.00. The van der Waals surface area contributed by atoms with E-state index in [2.05, 4.69) is 4.98 Å². The molecular formula is C18H15N2O2-. The highest BCUT2D eigenvalue weighted by atomic mass is 16.4. The number of aryl methyl sites for hydroxylation is 2. The van der Waals surface area contributed by atoms with Crippen LogP contribution >= 0.6 is 0 Å². The number of carbonyl (C=O) groups excluding carboxylic acids is 1. The Morgan fingerprint density at radius 1 is 1.18 bits per heavy atom. The maximum absolute atomic E-state index is 10.8. The van der Waals surface area contributed by atoms with Gasteiger partial charge in [0, 0.05) is 11.8 Å². The third-order valence-corrected chi connectivity index (χ3v) is 3.58. The summed E-state index contributed by atoms with van der Waals surface area (Å²) in [6.07, 6.45) is 4.44. The first-order chi connectivity index (χ1) is 10.6. The average molecular weight is 291 g/mol. The van der Waals surface area contributed by atoms with Crippen molar-refractivity contribution in [3.8, 4) is 11.3 Å². The van der Waals surface area contributed by atoms with E-state index in [-0.39, 0.29) is 0 Å². The largest absolute Gasteiger partial charge is 0.545 e. The molecule has 0 aliphatic rings. The van der Waals surface area contributed by atoms with Crippen LogP contribution in [0, 0.1) is 13.8 Å². The van der Waals surface area contributed by atoms with Gasteiger partial charge in [-0.25, -0.2) is 4.98 Å². The molecule has 1 aromatic carbocycles. The molecule has 0 aliphatic heterocycles. The van der Waals surface area contributed by atoms with Crippen LogP contribution in [0.3, 0.4) is 0 Å². The highest BCUT2D eigenvalue weighted by molar-refractivity contribution is 5.86. The molecule has 0 saturated carbocycles. The first kappa shape index (κ1) is 14.1. The Kier molecular flexibility index (Phi) is 3.51. The van der Waals surface area contributed by atoms with Crippen LogP contribution in [-0.2, 0) is 4.79 Å². The molecule has 110 valence electrons. The first-order valence-electron chi connectivity index (χ1n) is 7.00. The SMILES string of the molecule is Cc1ccc(-c2nc3c(C)cccn3c2/C=C/C(=O)[O-])cc1. The van der Waals surface area contributed by atoms with E-state index >= 15 is 0 Å². The van der Waals surface area contributed by atoms with Crippen molar-refractivity contribution in [2.45, 2.75) is 13.8 Å². The lowest BCUT2D eigenvalue weighted by molar-refractivity contribution is -0.297. The Bertz CT molecular complexity index is 874. The second kappa shape index (κ2) is 5.48. The van der Waals surface area contributed by atoms with Gasteiger partial charge < -0.3 is 9.90 Å². The van der Waals surface area contributed by atoms with Crippen molar-refractivity contribution >= 4 is 17.7 Å². The van der Waals surface area contributed by atoms with Crippen LogP contribution < -0.4 is 5.11 Å². The fourth-order valence-corrected chi connectivity index (χ4v) is 2.45. The summed E-state index contributed by atoms with van der Waals surface area (Å²) >= 11 is 0. The van der Waals surface area contributed by atoms with Crippen LogP contribution in [0.15, 0.2) is 48.7 Å². The molecule has 0 unspecified atom stereocenters. The summed E-state index contributed by atoms with van der Waals surface area (Å²) < 4.78 is 1.89. The fourth-order valence-electron chi connectivity index (χ4n) is 2.45. The summed E-state index contributed by atoms with van der Waals surface area (Å²) in [7, 11) is 0. The molecule has 0 aliphatic carbocycles. The van der Waals surface area contributed by atoms with Crippen molar-refractivity contribution in [2.75, 3.05) is 0 Å². The maximum Gasteiger partial charge on any atom is 0.140 e. The smallest absolute Gasteiger partial charge is 0.140 e.